The third kappa shape index (κ3) is 2.25. The highest BCUT2D eigenvalue weighted by atomic mass is 16.2. The summed E-state index contributed by atoms with van der Waals surface area (Å²) in [6, 6.07) is 11.2. The Labute approximate surface area is 116 Å². The summed E-state index contributed by atoms with van der Waals surface area (Å²) in [5.74, 6) is -0.196. The summed E-state index contributed by atoms with van der Waals surface area (Å²) in [5, 5.41) is 10.7. The van der Waals surface area contributed by atoms with E-state index in [1.165, 1.54) is 0 Å². The van der Waals surface area contributed by atoms with Gasteiger partial charge in [-0.05, 0) is 24.6 Å². The molecule has 3 rings (SSSR count). The number of carbonyl (C=O) groups is 1. The lowest BCUT2D eigenvalue weighted by atomic mass is 10.1. The van der Waals surface area contributed by atoms with Gasteiger partial charge < -0.3 is 5.32 Å². The molecule has 1 aromatic carbocycles. The molecule has 5 heteroatoms. The van der Waals surface area contributed by atoms with Gasteiger partial charge in [0.2, 0.25) is 0 Å². The maximum Gasteiger partial charge on any atom is 0.272 e. The summed E-state index contributed by atoms with van der Waals surface area (Å²) in [5.41, 5.74) is 2.23. The molecule has 0 spiro atoms. The number of amides is 1. The van der Waals surface area contributed by atoms with Crippen molar-refractivity contribution in [3.8, 4) is 0 Å². The zero-order valence-corrected chi connectivity index (χ0v) is 11.0. The van der Waals surface area contributed by atoms with Crippen LogP contribution in [-0.4, -0.2) is 21.1 Å². The number of pyridine rings is 1. The summed E-state index contributed by atoms with van der Waals surface area (Å²) in [6.07, 6.45) is 3.45. The minimum Gasteiger partial charge on any atom is -0.344 e. The van der Waals surface area contributed by atoms with Gasteiger partial charge in [-0.15, -0.1) is 0 Å². The monoisotopic (exact) mass is 266 g/mol. The van der Waals surface area contributed by atoms with Crippen LogP contribution in [0.25, 0.3) is 10.9 Å². The SMILES string of the molecule is CC(NC(=O)c1n[nH]c2ccccc12)c1cccnc1. The molecule has 0 saturated heterocycles. The smallest absolute Gasteiger partial charge is 0.272 e. The molecule has 0 aliphatic rings. The number of H-pyrrole nitrogens is 1. The number of para-hydroxylation sites is 1. The number of aromatic nitrogens is 3. The van der Waals surface area contributed by atoms with E-state index in [0.29, 0.717) is 5.69 Å². The highest BCUT2D eigenvalue weighted by Gasteiger charge is 2.16. The maximum absolute atomic E-state index is 12.3. The van der Waals surface area contributed by atoms with E-state index in [2.05, 4.69) is 20.5 Å². The summed E-state index contributed by atoms with van der Waals surface area (Å²) in [6.45, 7) is 1.92. The zero-order chi connectivity index (χ0) is 13.9. The van der Waals surface area contributed by atoms with Gasteiger partial charge in [-0.1, -0.05) is 24.3 Å². The standard InChI is InChI=1S/C15H14N4O/c1-10(11-5-4-8-16-9-11)17-15(20)14-12-6-2-3-7-13(12)18-19-14/h2-10H,1H3,(H,17,20)(H,18,19). The molecular weight excluding hydrogens is 252 g/mol. The van der Waals surface area contributed by atoms with Crippen LogP contribution in [0.15, 0.2) is 48.8 Å². The van der Waals surface area contributed by atoms with E-state index < -0.39 is 0 Å². The Bertz CT molecular complexity index is 736. The molecule has 1 unspecified atom stereocenters. The van der Waals surface area contributed by atoms with Crippen LogP contribution < -0.4 is 5.32 Å². The Morgan fingerprint density at radius 2 is 2.10 bits per heavy atom. The van der Waals surface area contributed by atoms with E-state index in [0.717, 1.165) is 16.5 Å². The molecule has 20 heavy (non-hydrogen) atoms. The van der Waals surface area contributed by atoms with Crippen molar-refractivity contribution in [1.82, 2.24) is 20.5 Å². The lowest BCUT2D eigenvalue weighted by Crippen LogP contribution is -2.27. The van der Waals surface area contributed by atoms with Crippen LogP contribution in [-0.2, 0) is 0 Å². The lowest BCUT2D eigenvalue weighted by Gasteiger charge is -2.12. The normalized spacial score (nSPS) is 12.2. The van der Waals surface area contributed by atoms with Crippen LogP contribution in [0.3, 0.4) is 0 Å². The predicted molar refractivity (Wildman–Crippen MR) is 76.2 cm³/mol. The van der Waals surface area contributed by atoms with Crippen LogP contribution >= 0.6 is 0 Å². The molecule has 0 saturated carbocycles. The highest BCUT2D eigenvalue weighted by molar-refractivity contribution is 6.04. The van der Waals surface area contributed by atoms with Crippen molar-refractivity contribution in [2.75, 3.05) is 0 Å². The first-order valence-electron chi connectivity index (χ1n) is 6.39. The fourth-order valence-corrected chi connectivity index (χ4v) is 2.12. The van der Waals surface area contributed by atoms with Gasteiger partial charge in [-0.2, -0.15) is 5.10 Å². The first-order valence-corrected chi connectivity index (χ1v) is 6.39. The van der Waals surface area contributed by atoms with E-state index in [4.69, 9.17) is 0 Å². The summed E-state index contributed by atoms with van der Waals surface area (Å²) in [4.78, 5) is 16.3. The number of hydrogen-bond donors (Lipinski definition) is 2. The first-order chi connectivity index (χ1) is 9.75. The van der Waals surface area contributed by atoms with Crippen molar-refractivity contribution in [2.45, 2.75) is 13.0 Å². The minimum atomic E-state index is -0.196. The Morgan fingerprint density at radius 3 is 2.90 bits per heavy atom. The highest BCUT2D eigenvalue weighted by Crippen LogP contribution is 2.16. The van der Waals surface area contributed by atoms with Gasteiger partial charge in [0.1, 0.15) is 0 Å². The van der Waals surface area contributed by atoms with Gasteiger partial charge in [0.25, 0.3) is 5.91 Å². The fourth-order valence-electron chi connectivity index (χ4n) is 2.12. The van der Waals surface area contributed by atoms with E-state index >= 15 is 0 Å². The molecule has 2 aromatic heterocycles. The molecule has 2 heterocycles. The van der Waals surface area contributed by atoms with E-state index in [9.17, 15) is 4.79 Å². The van der Waals surface area contributed by atoms with Crippen molar-refractivity contribution in [1.29, 1.82) is 0 Å². The number of nitrogens with one attached hydrogen (secondary N) is 2. The Balaban J connectivity index is 1.83. The average molecular weight is 266 g/mol. The molecule has 1 atom stereocenters. The maximum atomic E-state index is 12.3. The third-order valence-electron chi connectivity index (χ3n) is 3.22. The van der Waals surface area contributed by atoms with Gasteiger partial charge in [0.05, 0.1) is 11.6 Å². The van der Waals surface area contributed by atoms with Crippen molar-refractivity contribution < 1.29 is 4.79 Å². The van der Waals surface area contributed by atoms with Crippen molar-refractivity contribution in [2.24, 2.45) is 0 Å². The second-order valence-electron chi connectivity index (χ2n) is 4.60. The second-order valence-corrected chi connectivity index (χ2v) is 4.60. The molecule has 2 N–H and O–H groups in total. The predicted octanol–water partition coefficient (Wildman–Crippen LogP) is 2.45. The molecule has 0 radical (unpaired) electrons. The molecule has 0 aliphatic heterocycles. The number of fused-ring (bicyclic) bond motifs is 1. The van der Waals surface area contributed by atoms with Gasteiger partial charge in [0.15, 0.2) is 5.69 Å². The van der Waals surface area contributed by atoms with Crippen molar-refractivity contribution in [3.05, 3.63) is 60.0 Å². The van der Waals surface area contributed by atoms with Gasteiger partial charge in [-0.3, -0.25) is 14.9 Å². The molecule has 5 nitrogen and oxygen atoms in total. The van der Waals surface area contributed by atoms with E-state index in [-0.39, 0.29) is 11.9 Å². The van der Waals surface area contributed by atoms with Gasteiger partial charge in [0, 0.05) is 17.8 Å². The van der Waals surface area contributed by atoms with Crippen molar-refractivity contribution in [3.63, 3.8) is 0 Å². The number of rotatable bonds is 3. The molecule has 0 fully saturated rings. The largest absolute Gasteiger partial charge is 0.344 e. The average Bonchev–Trinajstić information content (AvgIpc) is 2.92. The molecule has 100 valence electrons. The third-order valence-corrected chi connectivity index (χ3v) is 3.22. The Kier molecular flexibility index (Phi) is 3.16. The van der Waals surface area contributed by atoms with Crippen LogP contribution in [0.5, 0.6) is 0 Å². The molecule has 1 amide bonds. The minimum absolute atomic E-state index is 0.119. The number of benzene rings is 1. The Hall–Kier alpha value is -2.69. The summed E-state index contributed by atoms with van der Waals surface area (Å²) in [7, 11) is 0. The molecule has 0 bridgehead atoms. The number of aromatic amines is 1. The zero-order valence-electron chi connectivity index (χ0n) is 11.0. The summed E-state index contributed by atoms with van der Waals surface area (Å²) < 4.78 is 0. The van der Waals surface area contributed by atoms with Crippen LogP contribution in [0, 0.1) is 0 Å². The van der Waals surface area contributed by atoms with E-state index in [1.807, 2.05) is 43.3 Å². The molecule has 0 aliphatic carbocycles. The van der Waals surface area contributed by atoms with Gasteiger partial charge >= 0.3 is 0 Å². The quantitative estimate of drug-likeness (QED) is 0.765. The summed E-state index contributed by atoms with van der Waals surface area (Å²) >= 11 is 0. The molecule has 3 aromatic rings. The van der Waals surface area contributed by atoms with Crippen molar-refractivity contribution >= 4 is 16.8 Å². The number of hydrogen-bond acceptors (Lipinski definition) is 3. The topological polar surface area (TPSA) is 70.7 Å². The van der Waals surface area contributed by atoms with Crippen LogP contribution in [0.1, 0.15) is 29.0 Å². The second kappa shape index (κ2) is 5.13. The van der Waals surface area contributed by atoms with Crippen LogP contribution in [0.4, 0.5) is 0 Å². The lowest BCUT2D eigenvalue weighted by molar-refractivity contribution is 0.0936. The van der Waals surface area contributed by atoms with E-state index in [1.54, 1.807) is 12.4 Å². The van der Waals surface area contributed by atoms with Gasteiger partial charge in [-0.25, -0.2) is 0 Å². The fraction of sp³-hybridized carbons (Fsp3) is 0.133. The number of carbonyl (C=O) groups excluding carboxylic acids is 1. The Morgan fingerprint density at radius 1 is 1.25 bits per heavy atom. The van der Waals surface area contributed by atoms with Crippen LogP contribution in [0.2, 0.25) is 0 Å². The first kappa shape index (κ1) is 12.3. The number of nitrogens with zero attached hydrogens (tertiary/aromatic N) is 2. The molecular formula is C15H14N4O.